The summed E-state index contributed by atoms with van der Waals surface area (Å²) in [5.41, 5.74) is 3.06. The molecule has 3 rings (SSSR count). The highest BCUT2D eigenvalue weighted by Gasteiger charge is 2.05. The van der Waals surface area contributed by atoms with Crippen molar-refractivity contribution >= 4 is 11.4 Å². The smallest absolute Gasteiger partial charge is 0.0874 e. The Bertz CT molecular complexity index is 709. The van der Waals surface area contributed by atoms with Crippen molar-refractivity contribution in [3.05, 3.63) is 96.6 Å². The van der Waals surface area contributed by atoms with Crippen LogP contribution < -0.4 is 5.01 Å². The lowest BCUT2D eigenvalue weighted by atomic mass is 10.2. The van der Waals surface area contributed by atoms with Gasteiger partial charge in [-0.05, 0) is 29.8 Å². The summed E-state index contributed by atoms with van der Waals surface area (Å²) in [7, 11) is 0. The summed E-state index contributed by atoms with van der Waals surface area (Å²) in [5, 5.41) is 10.7. The van der Waals surface area contributed by atoms with Crippen molar-refractivity contribution < 1.29 is 0 Å². The van der Waals surface area contributed by atoms with E-state index < -0.39 is 0 Å². The van der Waals surface area contributed by atoms with Crippen LogP contribution in [0.2, 0.25) is 0 Å². The van der Waals surface area contributed by atoms with Gasteiger partial charge in [-0.2, -0.15) is 0 Å². The third kappa shape index (κ3) is 3.79. The molecule has 0 saturated heterocycles. The first kappa shape index (κ1) is 14.0. The topological polar surface area (TPSA) is 28.0 Å². The number of para-hydroxylation sites is 1. The molecule has 22 heavy (non-hydrogen) atoms. The van der Waals surface area contributed by atoms with Crippen LogP contribution in [0.5, 0.6) is 0 Å². The van der Waals surface area contributed by atoms with Crippen LogP contribution in [0.15, 0.2) is 101 Å². The SMILES string of the molecule is c1ccc(CN(N=Nc2ccccc2)c2ccccc2)cc1. The molecule has 0 bridgehead atoms. The van der Waals surface area contributed by atoms with Crippen LogP contribution in [0, 0.1) is 0 Å². The van der Waals surface area contributed by atoms with Gasteiger partial charge in [0.1, 0.15) is 0 Å². The van der Waals surface area contributed by atoms with Gasteiger partial charge in [0.25, 0.3) is 0 Å². The fraction of sp³-hybridized carbons (Fsp3) is 0.0526. The van der Waals surface area contributed by atoms with Crippen LogP contribution in [0.1, 0.15) is 5.56 Å². The van der Waals surface area contributed by atoms with Gasteiger partial charge in [0.2, 0.25) is 0 Å². The van der Waals surface area contributed by atoms with Crippen LogP contribution in [0.3, 0.4) is 0 Å². The first-order valence-electron chi connectivity index (χ1n) is 7.25. The Kier molecular flexibility index (Phi) is 4.57. The Balaban J connectivity index is 1.85. The summed E-state index contributed by atoms with van der Waals surface area (Å²) in [6.45, 7) is 0.682. The molecule has 108 valence electrons. The third-order valence-electron chi connectivity index (χ3n) is 3.25. The van der Waals surface area contributed by atoms with Gasteiger partial charge in [-0.1, -0.05) is 72.0 Å². The fourth-order valence-electron chi connectivity index (χ4n) is 2.13. The van der Waals surface area contributed by atoms with Crippen molar-refractivity contribution in [1.29, 1.82) is 0 Å². The minimum absolute atomic E-state index is 0.682. The molecule has 0 aromatic heterocycles. The summed E-state index contributed by atoms with van der Waals surface area (Å²) < 4.78 is 0. The molecule has 0 amide bonds. The molecule has 3 aromatic carbocycles. The summed E-state index contributed by atoms with van der Waals surface area (Å²) in [6.07, 6.45) is 0. The van der Waals surface area contributed by atoms with E-state index in [1.165, 1.54) is 5.56 Å². The van der Waals surface area contributed by atoms with Crippen LogP contribution in [0.25, 0.3) is 0 Å². The molecule has 3 nitrogen and oxygen atoms in total. The molecule has 0 aliphatic heterocycles. The average molecular weight is 287 g/mol. The Morgan fingerprint density at radius 2 is 1.18 bits per heavy atom. The largest absolute Gasteiger partial charge is 0.243 e. The summed E-state index contributed by atoms with van der Waals surface area (Å²) in [4.78, 5) is 0. The molecular weight excluding hydrogens is 270 g/mol. The van der Waals surface area contributed by atoms with Gasteiger partial charge in [0.15, 0.2) is 0 Å². The normalized spacial score (nSPS) is 10.7. The number of nitrogens with zero attached hydrogens (tertiary/aromatic N) is 3. The van der Waals surface area contributed by atoms with Crippen molar-refractivity contribution in [3.63, 3.8) is 0 Å². The van der Waals surface area contributed by atoms with E-state index in [0.717, 1.165) is 11.4 Å². The molecule has 0 N–H and O–H groups in total. The minimum atomic E-state index is 0.682. The van der Waals surface area contributed by atoms with E-state index in [4.69, 9.17) is 0 Å². The zero-order chi connectivity index (χ0) is 15.0. The standard InChI is InChI=1S/C19H17N3/c1-4-10-17(11-5-1)16-22(19-14-8-3-9-15-19)21-20-18-12-6-2-7-13-18/h1-15H,16H2. The van der Waals surface area contributed by atoms with E-state index in [2.05, 4.69) is 22.5 Å². The van der Waals surface area contributed by atoms with E-state index >= 15 is 0 Å². The van der Waals surface area contributed by atoms with Crippen molar-refractivity contribution in [3.8, 4) is 0 Å². The predicted molar refractivity (Wildman–Crippen MR) is 90.0 cm³/mol. The van der Waals surface area contributed by atoms with Gasteiger partial charge in [-0.25, -0.2) is 5.01 Å². The molecule has 0 aliphatic carbocycles. The maximum Gasteiger partial charge on any atom is 0.0874 e. The van der Waals surface area contributed by atoms with Crippen LogP contribution in [0.4, 0.5) is 11.4 Å². The Morgan fingerprint density at radius 1 is 0.636 bits per heavy atom. The van der Waals surface area contributed by atoms with Crippen molar-refractivity contribution in [1.82, 2.24) is 0 Å². The molecule has 3 aromatic rings. The van der Waals surface area contributed by atoms with E-state index in [1.54, 1.807) is 0 Å². The third-order valence-corrected chi connectivity index (χ3v) is 3.25. The van der Waals surface area contributed by atoms with Crippen molar-refractivity contribution in [2.75, 3.05) is 5.01 Å². The molecular formula is C19H17N3. The number of anilines is 1. The average Bonchev–Trinajstić information content (AvgIpc) is 2.61. The molecule has 0 unspecified atom stereocenters. The molecule has 0 radical (unpaired) electrons. The quantitative estimate of drug-likeness (QED) is 0.456. The second-order valence-corrected chi connectivity index (χ2v) is 4.90. The molecule has 0 saturated carbocycles. The lowest BCUT2D eigenvalue weighted by Crippen LogP contribution is -2.14. The van der Waals surface area contributed by atoms with Gasteiger partial charge in [0, 0.05) is 0 Å². The predicted octanol–water partition coefficient (Wildman–Crippen LogP) is 5.39. The monoisotopic (exact) mass is 287 g/mol. The van der Waals surface area contributed by atoms with E-state index in [9.17, 15) is 0 Å². The lowest BCUT2D eigenvalue weighted by molar-refractivity contribution is 0.803. The van der Waals surface area contributed by atoms with Gasteiger partial charge in [-0.15, -0.1) is 5.11 Å². The van der Waals surface area contributed by atoms with E-state index in [0.29, 0.717) is 6.54 Å². The van der Waals surface area contributed by atoms with Gasteiger partial charge >= 0.3 is 0 Å². The number of hydrogen-bond acceptors (Lipinski definition) is 2. The first-order valence-corrected chi connectivity index (χ1v) is 7.25. The number of rotatable bonds is 5. The summed E-state index contributed by atoms with van der Waals surface area (Å²) in [5.74, 6) is 0. The molecule has 3 heteroatoms. The zero-order valence-electron chi connectivity index (χ0n) is 12.2. The molecule has 0 heterocycles. The molecule has 0 spiro atoms. The number of hydrogen-bond donors (Lipinski definition) is 0. The Morgan fingerprint density at radius 3 is 1.82 bits per heavy atom. The van der Waals surface area contributed by atoms with Crippen LogP contribution >= 0.6 is 0 Å². The minimum Gasteiger partial charge on any atom is -0.243 e. The highest BCUT2D eigenvalue weighted by Crippen LogP contribution is 2.19. The second kappa shape index (κ2) is 7.18. The van der Waals surface area contributed by atoms with E-state index in [-0.39, 0.29) is 0 Å². The Labute approximate surface area is 130 Å². The fourth-order valence-corrected chi connectivity index (χ4v) is 2.13. The maximum atomic E-state index is 4.42. The second-order valence-electron chi connectivity index (χ2n) is 4.90. The first-order chi connectivity index (χ1) is 10.9. The van der Waals surface area contributed by atoms with Crippen LogP contribution in [-0.4, -0.2) is 0 Å². The molecule has 0 fully saturated rings. The van der Waals surface area contributed by atoms with Gasteiger partial charge in [-0.3, -0.25) is 0 Å². The maximum absolute atomic E-state index is 4.42. The van der Waals surface area contributed by atoms with Gasteiger partial charge < -0.3 is 0 Å². The number of benzene rings is 3. The summed E-state index contributed by atoms with van der Waals surface area (Å²) in [6, 6.07) is 30.1. The highest BCUT2D eigenvalue weighted by atomic mass is 15.5. The van der Waals surface area contributed by atoms with Crippen molar-refractivity contribution in [2.45, 2.75) is 6.54 Å². The van der Waals surface area contributed by atoms with Crippen LogP contribution in [-0.2, 0) is 6.54 Å². The van der Waals surface area contributed by atoms with E-state index in [1.807, 2.05) is 83.9 Å². The molecule has 0 atom stereocenters. The molecule has 0 aliphatic rings. The Hall–Kier alpha value is -2.94. The lowest BCUT2D eigenvalue weighted by Gasteiger charge is -2.17. The zero-order valence-corrected chi connectivity index (χ0v) is 12.2. The highest BCUT2D eigenvalue weighted by molar-refractivity contribution is 5.46. The van der Waals surface area contributed by atoms with Crippen molar-refractivity contribution in [2.24, 2.45) is 10.3 Å². The summed E-state index contributed by atoms with van der Waals surface area (Å²) >= 11 is 0. The van der Waals surface area contributed by atoms with Gasteiger partial charge in [0.05, 0.1) is 17.9 Å².